The maximum Gasteiger partial charge on any atom is 0.326 e. The number of carboxylic acid groups (broad SMARTS) is 1. The minimum atomic E-state index is -1.04. The van der Waals surface area contributed by atoms with Gasteiger partial charge in [0, 0.05) is 11.9 Å². The van der Waals surface area contributed by atoms with E-state index >= 15 is 0 Å². The van der Waals surface area contributed by atoms with Crippen LogP contribution in [0.15, 0.2) is 5.38 Å². The molecular formula is C11H17N3O2S. The van der Waals surface area contributed by atoms with Gasteiger partial charge in [0.15, 0.2) is 5.13 Å². The van der Waals surface area contributed by atoms with Crippen LogP contribution in [0.5, 0.6) is 0 Å². The molecule has 0 saturated heterocycles. The van der Waals surface area contributed by atoms with Crippen LogP contribution in [0.4, 0.5) is 5.13 Å². The van der Waals surface area contributed by atoms with Gasteiger partial charge in [-0.25, -0.2) is 4.98 Å². The molecule has 1 aliphatic carbocycles. The molecule has 1 saturated carbocycles. The summed E-state index contributed by atoms with van der Waals surface area (Å²) in [6.07, 6.45) is 5.19. The lowest BCUT2D eigenvalue weighted by atomic mass is 10.1. The summed E-state index contributed by atoms with van der Waals surface area (Å²) in [7, 11) is 0. The number of aliphatic carboxylic acids is 1. The van der Waals surface area contributed by atoms with Gasteiger partial charge in [-0.2, -0.15) is 0 Å². The minimum Gasteiger partial charge on any atom is -0.480 e. The zero-order valence-electron chi connectivity index (χ0n) is 9.56. The van der Waals surface area contributed by atoms with Crippen molar-refractivity contribution in [1.82, 2.24) is 4.98 Å². The van der Waals surface area contributed by atoms with E-state index in [0.29, 0.717) is 5.69 Å². The average molecular weight is 255 g/mol. The first-order valence-electron chi connectivity index (χ1n) is 5.84. The second-order valence-electron chi connectivity index (χ2n) is 4.42. The van der Waals surface area contributed by atoms with Crippen molar-refractivity contribution in [2.24, 2.45) is 11.7 Å². The number of anilines is 1. The summed E-state index contributed by atoms with van der Waals surface area (Å²) in [4.78, 5) is 14.9. The van der Waals surface area contributed by atoms with Crippen molar-refractivity contribution in [1.29, 1.82) is 0 Å². The van der Waals surface area contributed by atoms with Gasteiger partial charge in [-0.3, -0.25) is 4.79 Å². The number of hydrogen-bond donors (Lipinski definition) is 3. The first-order valence-corrected chi connectivity index (χ1v) is 6.72. The summed E-state index contributed by atoms with van der Waals surface area (Å²) in [5.74, 6) is -0.312. The molecule has 0 bridgehead atoms. The summed E-state index contributed by atoms with van der Waals surface area (Å²) in [5.41, 5.74) is 5.91. The van der Waals surface area contributed by atoms with Crippen LogP contribution in [0.1, 0.15) is 37.4 Å². The molecule has 4 N–H and O–H groups in total. The smallest absolute Gasteiger partial charge is 0.326 e. The van der Waals surface area contributed by atoms with Crippen molar-refractivity contribution < 1.29 is 9.90 Å². The monoisotopic (exact) mass is 255 g/mol. The lowest BCUT2D eigenvalue weighted by Crippen LogP contribution is -2.21. The molecule has 1 aromatic heterocycles. The molecule has 0 spiro atoms. The fourth-order valence-corrected chi connectivity index (χ4v) is 2.84. The Hall–Kier alpha value is -1.14. The zero-order chi connectivity index (χ0) is 12.3. The van der Waals surface area contributed by atoms with E-state index in [0.717, 1.165) is 17.6 Å². The predicted molar refractivity (Wildman–Crippen MR) is 67.1 cm³/mol. The predicted octanol–water partition coefficient (Wildman–Crippen LogP) is 1.83. The number of carboxylic acids is 1. The van der Waals surface area contributed by atoms with Crippen LogP contribution < -0.4 is 11.1 Å². The van der Waals surface area contributed by atoms with Crippen LogP contribution in [-0.2, 0) is 4.79 Å². The molecule has 0 radical (unpaired) electrons. The lowest BCUT2D eigenvalue weighted by Gasteiger charge is -2.08. The molecule has 1 heterocycles. The van der Waals surface area contributed by atoms with Crippen molar-refractivity contribution in [2.75, 3.05) is 11.9 Å². The van der Waals surface area contributed by atoms with E-state index in [1.54, 1.807) is 5.38 Å². The molecule has 0 aromatic carbocycles. The second-order valence-corrected chi connectivity index (χ2v) is 5.28. The van der Waals surface area contributed by atoms with E-state index < -0.39 is 12.0 Å². The Kier molecular flexibility index (Phi) is 3.96. The summed E-state index contributed by atoms with van der Waals surface area (Å²) in [6, 6.07) is -1.02. The van der Waals surface area contributed by atoms with E-state index in [9.17, 15) is 4.79 Å². The molecule has 17 heavy (non-hydrogen) atoms. The van der Waals surface area contributed by atoms with Crippen LogP contribution >= 0.6 is 11.3 Å². The third kappa shape index (κ3) is 3.17. The average Bonchev–Trinajstić information content (AvgIpc) is 2.96. The molecule has 1 fully saturated rings. The fourth-order valence-electron chi connectivity index (χ4n) is 2.08. The van der Waals surface area contributed by atoms with Gasteiger partial charge in [0.25, 0.3) is 0 Å². The van der Waals surface area contributed by atoms with E-state index in [1.807, 2.05) is 0 Å². The molecule has 6 heteroatoms. The number of aromatic nitrogens is 1. The number of rotatable bonds is 5. The van der Waals surface area contributed by atoms with E-state index in [4.69, 9.17) is 10.8 Å². The summed E-state index contributed by atoms with van der Waals surface area (Å²) in [5, 5.41) is 14.5. The molecule has 2 rings (SSSR count). The van der Waals surface area contributed by atoms with Gasteiger partial charge in [-0.05, 0) is 18.8 Å². The van der Waals surface area contributed by atoms with Crippen molar-refractivity contribution in [2.45, 2.75) is 31.7 Å². The van der Waals surface area contributed by atoms with Crippen LogP contribution in [0.3, 0.4) is 0 Å². The Morgan fingerprint density at radius 3 is 3.00 bits per heavy atom. The maximum absolute atomic E-state index is 10.7. The quantitative estimate of drug-likeness (QED) is 0.747. The molecule has 94 valence electrons. The molecule has 5 nitrogen and oxygen atoms in total. The molecule has 1 aliphatic rings. The Bertz CT molecular complexity index is 388. The number of nitrogens with zero attached hydrogens (tertiary/aromatic N) is 1. The number of hydrogen-bond acceptors (Lipinski definition) is 5. The SMILES string of the molecule is NC(C(=O)O)c1csc(NCC2CCCC2)n1. The largest absolute Gasteiger partial charge is 0.480 e. The molecule has 1 unspecified atom stereocenters. The Morgan fingerprint density at radius 1 is 1.65 bits per heavy atom. The van der Waals surface area contributed by atoms with Crippen molar-refractivity contribution in [3.05, 3.63) is 11.1 Å². The standard InChI is InChI=1S/C11H17N3O2S/c12-9(10(15)16)8-6-17-11(14-8)13-5-7-3-1-2-4-7/h6-7,9H,1-5,12H2,(H,13,14)(H,15,16). The first kappa shape index (κ1) is 12.3. The highest BCUT2D eigenvalue weighted by molar-refractivity contribution is 7.13. The number of nitrogens with one attached hydrogen (secondary N) is 1. The van der Waals surface area contributed by atoms with Crippen molar-refractivity contribution in [3.63, 3.8) is 0 Å². The third-order valence-electron chi connectivity index (χ3n) is 3.12. The van der Waals surface area contributed by atoms with Gasteiger partial charge in [0.2, 0.25) is 0 Å². The third-order valence-corrected chi connectivity index (χ3v) is 3.94. The van der Waals surface area contributed by atoms with Crippen LogP contribution in [0, 0.1) is 5.92 Å². The zero-order valence-corrected chi connectivity index (χ0v) is 10.4. The number of nitrogens with two attached hydrogens (primary N) is 1. The summed E-state index contributed by atoms with van der Waals surface area (Å²) < 4.78 is 0. The summed E-state index contributed by atoms with van der Waals surface area (Å²) in [6.45, 7) is 0.926. The molecule has 0 aliphatic heterocycles. The number of carbonyl (C=O) groups is 1. The topological polar surface area (TPSA) is 88.2 Å². The Labute approximate surface area is 104 Å². The molecular weight excluding hydrogens is 238 g/mol. The van der Waals surface area contributed by atoms with Gasteiger partial charge in [-0.1, -0.05) is 12.8 Å². The van der Waals surface area contributed by atoms with Gasteiger partial charge in [0.05, 0.1) is 5.69 Å². The maximum atomic E-state index is 10.7. The van der Waals surface area contributed by atoms with Gasteiger partial charge in [-0.15, -0.1) is 11.3 Å². The van der Waals surface area contributed by atoms with Crippen molar-refractivity contribution in [3.8, 4) is 0 Å². The Morgan fingerprint density at radius 2 is 2.35 bits per heavy atom. The first-order chi connectivity index (χ1) is 8.16. The van der Waals surface area contributed by atoms with Crippen LogP contribution in [0.2, 0.25) is 0 Å². The van der Waals surface area contributed by atoms with Crippen LogP contribution in [-0.4, -0.2) is 22.6 Å². The molecule has 0 amide bonds. The minimum absolute atomic E-state index is 0.427. The Balaban J connectivity index is 1.87. The summed E-state index contributed by atoms with van der Waals surface area (Å²) >= 11 is 1.41. The van der Waals surface area contributed by atoms with Gasteiger partial charge in [0.1, 0.15) is 6.04 Å². The second kappa shape index (κ2) is 5.46. The van der Waals surface area contributed by atoms with Gasteiger partial charge >= 0.3 is 5.97 Å². The normalized spacial score (nSPS) is 18.2. The number of thiazole rings is 1. The molecule has 1 atom stereocenters. The molecule has 1 aromatic rings. The highest BCUT2D eigenvalue weighted by atomic mass is 32.1. The van der Waals surface area contributed by atoms with E-state index in [-0.39, 0.29) is 0 Å². The highest BCUT2D eigenvalue weighted by Crippen LogP contribution is 2.26. The van der Waals surface area contributed by atoms with Gasteiger partial charge < -0.3 is 16.2 Å². The van der Waals surface area contributed by atoms with Crippen molar-refractivity contribution >= 4 is 22.4 Å². The van der Waals surface area contributed by atoms with Crippen LogP contribution in [0.25, 0.3) is 0 Å². The lowest BCUT2D eigenvalue weighted by molar-refractivity contribution is -0.138. The highest BCUT2D eigenvalue weighted by Gasteiger charge is 2.18. The van der Waals surface area contributed by atoms with E-state index in [1.165, 1.54) is 37.0 Å². The van der Waals surface area contributed by atoms with E-state index in [2.05, 4.69) is 10.3 Å². The fraction of sp³-hybridized carbons (Fsp3) is 0.636.